The second-order valence-electron chi connectivity index (χ2n) is 2.96. The highest BCUT2D eigenvalue weighted by Gasteiger charge is 2.13. The van der Waals surface area contributed by atoms with Crippen molar-refractivity contribution in [3.8, 4) is 11.9 Å². The second-order valence-corrected chi connectivity index (χ2v) is 2.96. The number of hydrogen-bond acceptors (Lipinski definition) is 4. The summed E-state index contributed by atoms with van der Waals surface area (Å²) in [4.78, 5) is 21.9. The predicted octanol–water partition coefficient (Wildman–Crippen LogP) is -0.181. The quantitative estimate of drug-likeness (QED) is 0.701. The van der Waals surface area contributed by atoms with E-state index < -0.39 is 24.0 Å². The number of carboxylic acids is 1. The number of hydrogen-bond donors (Lipinski definition) is 2. The summed E-state index contributed by atoms with van der Waals surface area (Å²) < 4.78 is 0.633. The molecule has 78 valence electrons. The van der Waals surface area contributed by atoms with Crippen molar-refractivity contribution < 1.29 is 15.0 Å². The van der Waals surface area contributed by atoms with Gasteiger partial charge in [-0.25, -0.2) is 0 Å². The average molecular weight is 208 g/mol. The van der Waals surface area contributed by atoms with E-state index in [1.54, 1.807) is 6.07 Å². The monoisotopic (exact) mass is 208 g/mol. The Hall–Kier alpha value is -2.29. The van der Waals surface area contributed by atoms with E-state index in [1.807, 2.05) is 0 Å². The molecule has 0 aromatic carbocycles. The summed E-state index contributed by atoms with van der Waals surface area (Å²) >= 11 is 0. The van der Waals surface area contributed by atoms with Crippen molar-refractivity contribution in [2.75, 3.05) is 0 Å². The standard InChI is InChI=1S/C9H8N2O4/c1-5-2-7(12)11(4-8(13)14)9(15)6(5)3-10/h2,12H,4H2,1H3,(H,13,14). The molecule has 0 saturated carbocycles. The van der Waals surface area contributed by atoms with Gasteiger partial charge in [0.2, 0.25) is 0 Å². The number of aromatic nitrogens is 1. The number of aliphatic carboxylic acids is 1. The molecule has 6 heteroatoms. The van der Waals surface area contributed by atoms with Crippen molar-refractivity contribution in [3.63, 3.8) is 0 Å². The van der Waals surface area contributed by atoms with Gasteiger partial charge in [0.15, 0.2) is 5.88 Å². The van der Waals surface area contributed by atoms with Gasteiger partial charge in [0.1, 0.15) is 18.2 Å². The Morgan fingerprint density at radius 3 is 2.73 bits per heavy atom. The zero-order valence-electron chi connectivity index (χ0n) is 7.89. The van der Waals surface area contributed by atoms with Gasteiger partial charge in [-0.15, -0.1) is 0 Å². The number of aromatic hydroxyl groups is 1. The molecule has 0 atom stereocenters. The van der Waals surface area contributed by atoms with Gasteiger partial charge in [-0.05, 0) is 12.5 Å². The summed E-state index contributed by atoms with van der Waals surface area (Å²) in [5.74, 6) is -1.72. The molecule has 0 amide bonds. The molecule has 0 unspecified atom stereocenters. The number of pyridine rings is 1. The maximum atomic E-state index is 11.5. The lowest BCUT2D eigenvalue weighted by Gasteiger charge is -2.07. The number of nitriles is 1. The smallest absolute Gasteiger partial charge is 0.323 e. The molecule has 0 fully saturated rings. The first-order valence-corrected chi connectivity index (χ1v) is 4.02. The molecular formula is C9H8N2O4. The van der Waals surface area contributed by atoms with Crippen LogP contribution in [0.15, 0.2) is 10.9 Å². The summed E-state index contributed by atoms with van der Waals surface area (Å²) in [7, 11) is 0. The molecule has 1 rings (SSSR count). The molecule has 0 bridgehead atoms. The van der Waals surface area contributed by atoms with Gasteiger partial charge in [-0.2, -0.15) is 5.26 Å². The SMILES string of the molecule is Cc1cc(O)n(CC(=O)O)c(=O)c1C#N. The van der Waals surface area contributed by atoms with E-state index in [0.29, 0.717) is 10.1 Å². The van der Waals surface area contributed by atoms with Crippen LogP contribution in [0.1, 0.15) is 11.1 Å². The van der Waals surface area contributed by atoms with Crippen LogP contribution in [0, 0.1) is 18.3 Å². The van der Waals surface area contributed by atoms with Gasteiger partial charge in [-0.1, -0.05) is 0 Å². The molecule has 1 aromatic rings. The minimum atomic E-state index is -1.26. The maximum Gasteiger partial charge on any atom is 0.323 e. The van der Waals surface area contributed by atoms with Crippen LogP contribution < -0.4 is 5.56 Å². The fourth-order valence-electron chi connectivity index (χ4n) is 1.18. The van der Waals surface area contributed by atoms with Crippen LogP contribution >= 0.6 is 0 Å². The second kappa shape index (κ2) is 3.84. The van der Waals surface area contributed by atoms with E-state index in [-0.39, 0.29) is 5.56 Å². The van der Waals surface area contributed by atoms with E-state index >= 15 is 0 Å². The van der Waals surface area contributed by atoms with E-state index in [9.17, 15) is 14.7 Å². The molecule has 1 heterocycles. The fourth-order valence-corrected chi connectivity index (χ4v) is 1.18. The molecule has 0 aliphatic rings. The zero-order valence-corrected chi connectivity index (χ0v) is 7.89. The largest absolute Gasteiger partial charge is 0.494 e. The number of aryl methyl sites for hydroxylation is 1. The van der Waals surface area contributed by atoms with Gasteiger partial charge in [0.25, 0.3) is 5.56 Å². The lowest BCUT2D eigenvalue weighted by atomic mass is 10.1. The normalized spacial score (nSPS) is 9.60. The minimum Gasteiger partial charge on any atom is -0.494 e. The van der Waals surface area contributed by atoms with E-state index in [0.717, 1.165) is 0 Å². The number of nitrogens with zero attached hydrogens (tertiary/aromatic N) is 2. The number of carbonyl (C=O) groups is 1. The van der Waals surface area contributed by atoms with Crippen LogP contribution in [0.25, 0.3) is 0 Å². The predicted molar refractivity (Wildman–Crippen MR) is 49.5 cm³/mol. The Morgan fingerprint density at radius 2 is 2.27 bits per heavy atom. The topological polar surface area (TPSA) is 103 Å². The lowest BCUT2D eigenvalue weighted by molar-refractivity contribution is -0.137. The van der Waals surface area contributed by atoms with Crippen LogP contribution in [0.4, 0.5) is 0 Å². The van der Waals surface area contributed by atoms with Crippen LogP contribution in [-0.2, 0) is 11.3 Å². The molecule has 2 N–H and O–H groups in total. The number of carboxylic acid groups (broad SMARTS) is 1. The lowest BCUT2D eigenvalue weighted by Crippen LogP contribution is -2.26. The Labute approximate surface area is 84.6 Å². The van der Waals surface area contributed by atoms with E-state index in [2.05, 4.69) is 0 Å². The van der Waals surface area contributed by atoms with Gasteiger partial charge < -0.3 is 10.2 Å². The van der Waals surface area contributed by atoms with Crippen LogP contribution in [0.3, 0.4) is 0 Å². The molecule has 0 aliphatic carbocycles. The number of rotatable bonds is 2. The van der Waals surface area contributed by atoms with E-state index in [1.165, 1.54) is 13.0 Å². The molecule has 0 aliphatic heterocycles. The van der Waals surface area contributed by atoms with E-state index in [4.69, 9.17) is 10.4 Å². The molecule has 0 spiro atoms. The van der Waals surface area contributed by atoms with Crippen molar-refractivity contribution >= 4 is 5.97 Å². The zero-order chi connectivity index (χ0) is 11.6. The molecule has 15 heavy (non-hydrogen) atoms. The van der Waals surface area contributed by atoms with Crippen molar-refractivity contribution in [1.82, 2.24) is 4.57 Å². The Bertz CT molecular complexity index is 510. The van der Waals surface area contributed by atoms with Crippen LogP contribution in [0.2, 0.25) is 0 Å². The third-order valence-electron chi connectivity index (χ3n) is 1.88. The summed E-state index contributed by atoms with van der Waals surface area (Å²) in [6.07, 6.45) is 0. The highest BCUT2D eigenvalue weighted by molar-refractivity contribution is 5.67. The summed E-state index contributed by atoms with van der Waals surface area (Å²) in [6.45, 7) is 0.824. The van der Waals surface area contributed by atoms with Gasteiger partial charge in [0, 0.05) is 6.07 Å². The third kappa shape index (κ3) is 1.96. The average Bonchev–Trinajstić information content (AvgIpc) is 2.12. The highest BCUT2D eigenvalue weighted by atomic mass is 16.4. The first kappa shape index (κ1) is 10.8. The van der Waals surface area contributed by atoms with Crippen molar-refractivity contribution in [3.05, 3.63) is 27.5 Å². The Morgan fingerprint density at radius 1 is 1.67 bits per heavy atom. The Kier molecular flexibility index (Phi) is 2.76. The fraction of sp³-hybridized carbons (Fsp3) is 0.222. The van der Waals surface area contributed by atoms with Gasteiger partial charge in [-0.3, -0.25) is 14.2 Å². The minimum absolute atomic E-state index is 0.158. The maximum absolute atomic E-state index is 11.5. The molecular weight excluding hydrogens is 200 g/mol. The highest BCUT2D eigenvalue weighted by Crippen LogP contribution is 2.11. The Balaban J connectivity index is 3.48. The van der Waals surface area contributed by atoms with Crippen molar-refractivity contribution in [2.45, 2.75) is 13.5 Å². The summed E-state index contributed by atoms with van der Waals surface area (Å²) in [5, 5.41) is 26.5. The molecule has 6 nitrogen and oxygen atoms in total. The van der Waals surface area contributed by atoms with Gasteiger partial charge in [0.05, 0.1) is 0 Å². The molecule has 1 aromatic heterocycles. The summed E-state index contributed by atoms with van der Waals surface area (Å²) in [5.41, 5.74) is -0.631. The van der Waals surface area contributed by atoms with Crippen LogP contribution in [0.5, 0.6) is 5.88 Å². The van der Waals surface area contributed by atoms with Crippen molar-refractivity contribution in [2.24, 2.45) is 0 Å². The molecule has 0 radical (unpaired) electrons. The molecule has 0 saturated heterocycles. The first-order valence-electron chi connectivity index (χ1n) is 4.02. The van der Waals surface area contributed by atoms with Gasteiger partial charge >= 0.3 is 5.97 Å². The van der Waals surface area contributed by atoms with Crippen molar-refractivity contribution in [1.29, 1.82) is 5.26 Å². The third-order valence-corrected chi connectivity index (χ3v) is 1.88. The van der Waals surface area contributed by atoms with Crippen LogP contribution in [-0.4, -0.2) is 20.7 Å². The first-order chi connectivity index (χ1) is 6.97. The summed E-state index contributed by atoms with van der Waals surface area (Å²) in [6, 6.07) is 2.85.